The maximum Gasteiger partial charge on any atom is 0.336 e. The number of esters is 2. The summed E-state index contributed by atoms with van der Waals surface area (Å²) in [5.41, 5.74) is -0.692. The summed E-state index contributed by atoms with van der Waals surface area (Å²) in [6.45, 7) is 1.69. The molecule has 3 rings (SSSR count). The van der Waals surface area contributed by atoms with Crippen molar-refractivity contribution in [2.24, 2.45) is 0 Å². The van der Waals surface area contributed by atoms with Crippen LogP contribution < -0.4 is 20.1 Å². The molecule has 2 N–H and O–H groups in total. The predicted octanol–water partition coefficient (Wildman–Crippen LogP) is 2.93. The first-order valence-corrected chi connectivity index (χ1v) is 9.37. The van der Waals surface area contributed by atoms with E-state index in [0.29, 0.717) is 28.4 Å². The third-order valence-electron chi connectivity index (χ3n) is 5.33. The van der Waals surface area contributed by atoms with Crippen molar-refractivity contribution in [3.05, 3.63) is 48.0 Å². The molecule has 0 saturated heterocycles. The van der Waals surface area contributed by atoms with E-state index in [1.807, 2.05) is 0 Å². The average molecular weight is 414 g/mol. The molecule has 0 saturated carbocycles. The second-order valence-corrected chi connectivity index (χ2v) is 7.29. The number of hydrogen-bond donors (Lipinski definition) is 2. The molecular weight excluding hydrogens is 388 g/mol. The second-order valence-electron chi connectivity index (χ2n) is 7.29. The van der Waals surface area contributed by atoms with Gasteiger partial charge in [-0.05, 0) is 49.4 Å². The fourth-order valence-corrected chi connectivity index (χ4v) is 3.87. The van der Waals surface area contributed by atoms with Gasteiger partial charge in [-0.3, -0.25) is 0 Å². The van der Waals surface area contributed by atoms with Gasteiger partial charge in [0.2, 0.25) is 0 Å². The molecule has 0 radical (unpaired) electrons. The van der Waals surface area contributed by atoms with E-state index in [0.717, 1.165) is 0 Å². The van der Waals surface area contributed by atoms with E-state index >= 15 is 0 Å². The Hall–Kier alpha value is -3.42. The van der Waals surface area contributed by atoms with Crippen molar-refractivity contribution in [2.45, 2.75) is 24.4 Å². The highest BCUT2D eigenvalue weighted by Gasteiger charge is 2.55. The van der Waals surface area contributed by atoms with Crippen LogP contribution in [-0.2, 0) is 24.6 Å². The monoisotopic (exact) mass is 414 g/mol. The van der Waals surface area contributed by atoms with Gasteiger partial charge in [-0.25, -0.2) is 9.59 Å². The van der Waals surface area contributed by atoms with Crippen molar-refractivity contribution >= 4 is 23.3 Å². The van der Waals surface area contributed by atoms with Gasteiger partial charge in [-0.15, -0.1) is 0 Å². The van der Waals surface area contributed by atoms with Gasteiger partial charge < -0.3 is 29.6 Å². The average Bonchev–Trinajstić information content (AvgIpc) is 2.77. The molecule has 0 aromatic heterocycles. The summed E-state index contributed by atoms with van der Waals surface area (Å²) in [5.74, 6) is 0.222. The number of benzene rings is 2. The molecule has 0 bridgehead atoms. The summed E-state index contributed by atoms with van der Waals surface area (Å²) in [5, 5.41) is 6.52. The number of carbonyl (C=O) groups is 2. The molecule has 160 valence electrons. The highest BCUT2D eigenvalue weighted by molar-refractivity contribution is 5.95. The van der Waals surface area contributed by atoms with Crippen LogP contribution in [0, 0.1) is 0 Å². The van der Waals surface area contributed by atoms with Crippen LogP contribution in [0.3, 0.4) is 0 Å². The lowest BCUT2D eigenvalue weighted by atomic mass is 9.73. The molecular formula is C22H26N2O6. The second kappa shape index (κ2) is 8.14. The molecule has 0 amide bonds. The van der Waals surface area contributed by atoms with Crippen molar-refractivity contribution in [3.8, 4) is 11.5 Å². The molecule has 8 heteroatoms. The molecule has 0 aliphatic carbocycles. The molecule has 2 atom stereocenters. The van der Waals surface area contributed by atoms with Gasteiger partial charge in [0, 0.05) is 23.4 Å². The third-order valence-corrected chi connectivity index (χ3v) is 5.33. The summed E-state index contributed by atoms with van der Waals surface area (Å²) >= 11 is 0. The van der Waals surface area contributed by atoms with E-state index in [2.05, 4.69) is 10.6 Å². The van der Waals surface area contributed by atoms with Crippen LogP contribution >= 0.6 is 0 Å². The van der Waals surface area contributed by atoms with Crippen molar-refractivity contribution < 1.29 is 28.5 Å². The molecule has 0 spiro atoms. The minimum Gasteiger partial charge on any atom is -0.497 e. The molecule has 1 aliphatic heterocycles. The Kier molecular flexibility index (Phi) is 5.78. The Bertz CT molecular complexity index is 945. The quantitative estimate of drug-likeness (QED) is 0.697. The summed E-state index contributed by atoms with van der Waals surface area (Å²) in [4.78, 5) is 25.9. The lowest BCUT2D eigenvalue weighted by molar-refractivity contribution is -0.151. The molecule has 0 fully saturated rings. The first-order chi connectivity index (χ1) is 14.3. The van der Waals surface area contributed by atoms with Crippen LogP contribution in [0.15, 0.2) is 42.5 Å². The number of ether oxygens (including phenoxy) is 4. The van der Waals surface area contributed by atoms with Crippen molar-refractivity contribution in [1.29, 1.82) is 0 Å². The Morgan fingerprint density at radius 1 is 0.900 bits per heavy atom. The van der Waals surface area contributed by atoms with Gasteiger partial charge >= 0.3 is 11.9 Å². The normalized spacial score (nSPS) is 22.2. The molecule has 1 heterocycles. The lowest BCUT2D eigenvalue weighted by Gasteiger charge is -2.45. The lowest BCUT2D eigenvalue weighted by Crippen LogP contribution is -2.59. The zero-order chi connectivity index (χ0) is 21.9. The smallest absolute Gasteiger partial charge is 0.336 e. The Labute approximate surface area is 175 Å². The van der Waals surface area contributed by atoms with Gasteiger partial charge in [0.15, 0.2) is 5.54 Å². The van der Waals surface area contributed by atoms with E-state index in [1.165, 1.54) is 14.2 Å². The van der Waals surface area contributed by atoms with Crippen LogP contribution in [0.5, 0.6) is 11.5 Å². The highest BCUT2D eigenvalue weighted by atomic mass is 16.5. The molecule has 2 aromatic rings. The number of fused-ring (bicyclic) bond motifs is 1. The Balaban J connectivity index is 2.21. The first-order valence-electron chi connectivity index (χ1n) is 9.37. The fraction of sp³-hybridized carbons (Fsp3) is 0.364. The van der Waals surface area contributed by atoms with Crippen LogP contribution in [0.25, 0.3) is 0 Å². The topological polar surface area (TPSA) is 95.1 Å². The third kappa shape index (κ3) is 3.60. The summed E-state index contributed by atoms with van der Waals surface area (Å²) in [6, 6.07) is 12.4. The maximum atomic E-state index is 13.2. The van der Waals surface area contributed by atoms with E-state index in [9.17, 15) is 9.59 Å². The number of methoxy groups -OCH3 is 4. The number of hydrogen-bond acceptors (Lipinski definition) is 8. The van der Waals surface area contributed by atoms with E-state index < -0.39 is 23.0 Å². The van der Waals surface area contributed by atoms with Crippen LogP contribution in [-0.4, -0.2) is 45.9 Å². The summed E-state index contributed by atoms with van der Waals surface area (Å²) < 4.78 is 20.8. The molecule has 30 heavy (non-hydrogen) atoms. The van der Waals surface area contributed by atoms with E-state index in [4.69, 9.17) is 18.9 Å². The number of carbonyl (C=O) groups excluding carboxylic acids is 2. The van der Waals surface area contributed by atoms with Crippen molar-refractivity contribution in [2.75, 3.05) is 39.1 Å². The zero-order valence-electron chi connectivity index (χ0n) is 17.7. The SMILES string of the molecule is COC(=O)[C@]1(C)C[C@@](Nc2ccc(OC)cc2)(C(=O)OC)c2cc(OC)ccc2N1. The Morgan fingerprint density at radius 3 is 2.07 bits per heavy atom. The molecule has 0 unspecified atom stereocenters. The van der Waals surface area contributed by atoms with Crippen LogP contribution in [0.2, 0.25) is 0 Å². The van der Waals surface area contributed by atoms with Crippen molar-refractivity contribution in [3.63, 3.8) is 0 Å². The summed E-state index contributed by atoms with van der Waals surface area (Å²) in [7, 11) is 5.76. The minimum absolute atomic E-state index is 0.0472. The fourth-order valence-electron chi connectivity index (χ4n) is 3.87. The summed E-state index contributed by atoms with van der Waals surface area (Å²) in [6.07, 6.45) is 0.0472. The maximum absolute atomic E-state index is 13.2. The molecule has 1 aliphatic rings. The van der Waals surface area contributed by atoms with Crippen LogP contribution in [0.1, 0.15) is 18.9 Å². The molecule has 8 nitrogen and oxygen atoms in total. The van der Waals surface area contributed by atoms with Gasteiger partial charge in [-0.1, -0.05) is 0 Å². The van der Waals surface area contributed by atoms with Crippen molar-refractivity contribution in [1.82, 2.24) is 0 Å². The van der Waals surface area contributed by atoms with Gasteiger partial charge in [0.1, 0.15) is 17.0 Å². The predicted molar refractivity (Wildman–Crippen MR) is 112 cm³/mol. The number of anilines is 2. The molecule has 2 aromatic carbocycles. The van der Waals surface area contributed by atoms with Gasteiger partial charge in [-0.2, -0.15) is 0 Å². The van der Waals surface area contributed by atoms with Gasteiger partial charge in [0.25, 0.3) is 0 Å². The standard InChI is InChI=1S/C22H26N2O6/c1-21(19(25)29-4)13-22(20(26)30-5,23-14-6-8-15(27-2)9-7-14)17-12-16(28-3)10-11-18(17)24-21/h6-12,23-24H,13H2,1-5H3/t21-,22-/m0/s1. The number of nitrogens with one attached hydrogen (secondary N) is 2. The number of rotatable bonds is 6. The first kappa shape index (κ1) is 21.3. The largest absolute Gasteiger partial charge is 0.497 e. The Morgan fingerprint density at radius 2 is 1.50 bits per heavy atom. The minimum atomic E-state index is -1.37. The zero-order valence-corrected chi connectivity index (χ0v) is 17.7. The van der Waals surface area contributed by atoms with Crippen LogP contribution in [0.4, 0.5) is 11.4 Å². The van der Waals surface area contributed by atoms with E-state index in [-0.39, 0.29) is 6.42 Å². The van der Waals surface area contributed by atoms with Gasteiger partial charge in [0.05, 0.1) is 28.4 Å². The highest BCUT2D eigenvalue weighted by Crippen LogP contribution is 2.46. The van der Waals surface area contributed by atoms with E-state index in [1.54, 1.807) is 63.6 Å².